The number of ether oxygens (including phenoxy) is 2. The smallest absolute Gasteiger partial charge is 0.255 e. The lowest BCUT2D eigenvalue weighted by Crippen LogP contribution is -2.11. The Morgan fingerprint density at radius 2 is 2.08 bits per heavy atom. The molecule has 1 saturated carbocycles. The van der Waals surface area contributed by atoms with Crippen molar-refractivity contribution < 1.29 is 18.8 Å². The number of hydrogen-bond donors (Lipinski definition) is 1. The van der Waals surface area contributed by atoms with Crippen LogP contribution in [0.15, 0.2) is 28.8 Å². The first-order valence-electron chi connectivity index (χ1n) is 8.33. The molecule has 7 nitrogen and oxygen atoms in total. The van der Waals surface area contributed by atoms with Crippen molar-refractivity contribution in [1.82, 2.24) is 10.1 Å². The van der Waals surface area contributed by atoms with Crippen LogP contribution in [0.3, 0.4) is 0 Å². The molecule has 8 heteroatoms. The van der Waals surface area contributed by atoms with Gasteiger partial charge in [0.25, 0.3) is 5.91 Å². The number of carbonyl (C=O) groups excluding carboxylic acids is 1. The lowest BCUT2D eigenvalue weighted by molar-refractivity contribution is 0.102. The van der Waals surface area contributed by atoms with Gasteiger partial charge in [0, 0.05) is 16.4 Å². The fourth-order valence-electron chi connectivity index (χ4n) is 2.78. The number of fused-ring (bicyclic) bond motifs is 1. The number of amides is 1. The van der Waals surface area contributed by atoms with E-state index in [0.717, 1.165) is 28.3 Å². The molecule has 2 aromatic heterocycles. The fraction of sp³-hybridized carbons (Fsp3) is 0.278. The molecule has 0 radical (unpaired) electrons. The van der Waals surface area contributed by atoms with Crippen LogP contribution < -0.4 is 14.8 Å². The van der Waals surface area contributed by atoms with Crippen molar-refractivity contribution in [3.05, 3.63) is 40.6 Å². The maximum Gasteiger partial charge on any atom is 0.255 e. The summed E-state index contributed by atoms with van der Waals surface area (Å²) in [6.45, 7) is 2.13. The molecule has 0 unspecified atom stereocenters. The van der Waals surface area contributed by atoms with Crippen LogP contribution >= 0.6 is 11.3 Å². The second kappa shape index (κ2) is 5.84. The number of hydrogen-bond acceptors (Lipinski definition) is 7. The highest BCUT2D eigenvalue weighted by molar-refractivity contribution is 7.16. The topological polar surface area (TPSA) is 86.5 Å². The highest BCUT2D eigenvalue weighted by Crippen LogP contribution is 2.40. The third kappa shape index (κ3) is 2.72. The molecule has 0 bridgehead atoms. The van der Waals surface area contributed by atoms with Crippen molar-refractivity contribution in [3.63, 3.8) is 0 Å². The molecular weight excluding hydrogens is 354 g/mol. The third-order valence-electron chi connectivity index (χ3n) is 4.39. The maximum atomic E-state index is 12.6. The molecule has 1 fully saturated rings. The number of nitrogens with one attached hydrogen (secondary N) is 1. The van der Waals surface area contributed by atoms with Gasteiger partial charge in [0.2, 0.25) is 18.5 Å². The number of anilines is 1. The normalized spacial score (nSPS) is 15.3. The van der Waals surface area contributed by atoms with Crippen LogP contribution in [-0.4, -0.2) is 22.8 Å². The zero-order chi connectivity index (χ0) is 17.7. The summed E-state index contributed by atoms with van der Waals surface area (Å²) in [7, 11) is 0. The summed E-state index contributed by atoms with van der Waals surface area (Å²) >= 11 is 1.53. The molecule has 26 heavy (non-hydrogen) atoms. The summed E-state index contributed by atoms with van der Waals surface area (Å²) in [6.07, 6.45) is 2.23. The van der Waals surface area contributed by atoms with Gasteiger partial charge in [-0.1, -0.05) is 5.16 Å². The molecule has 1 aromatic carbocycles. The maximum absolute atomic E-state index is 12.6. The highest BCUT2D eigenvalue weighted by atomic mass is 32.1. The number of benzene rings is 1. The predicted molar refractivity (Wildman–Crippen MR) is 94.8 cm³/mol. The number of thiophene rings is 1. The van der Waals surface area contributed by atoms with Crippen LogP contribution in [0.4, 0.5) is 5.69 Å². The monoisotopic (exact) mass is 369 g/mol. The van der Waals surface area contributed by atoms with Gasteiger partial charge in [-0.15, -0.1) is 11.3 Å². The molecule has 0 atom stereocenters. The van der Waals surface area contributed by atoms with Crippen molar-refractivity contribution >= 4 is 22.9 Å². The van der Waals surface area contributed by atoms with Crippen LogP contribution in [0.1, 0.15) is 39.9 Å². The highest BCUT2D eigenvalue weighted by Gasteiger charge is 2.30. The standard InChI is InChI=1S/C18H15N3O4S/c1-9-12(7-15(26-9)16-20-18(25-21-16)10-2-3-10)19-17(22)11-4-5-13-14(6-11)24-8-23-13/h4-7,10H,2-3,8H2,1H3,(H,19,22). The number of aromatic nitrogens is 2. The molecule has 1 aliphatic heterocycles. The first-order chi connectivity index (χ1) is 12.7. The lowest BCUT2D eigenvalue weighted by atomic mass is 10.2. The summed E-state index contributed by atoms with van der Waals surface area (Å²) < 4.78 is 15.9. The molecule has 0 spiro atoms. The van der Waals surface area contributed by atoms with Crippen LogP contribution in [0.25, 0.3) is 10.7 Å². The van der Waals surface area contributed by atoms with Gasteiger partial charge in [0.05, 0.1) is 10.6 Å². The Labute approximate surface area is 152 Å². The molecule has 3 aromatic rings. The zero-order valence-corrected chi connectivity index (χ0v) is 14.8. The molecule has 132 valence electrons. The van der Waals surface area contributed by atoms with Crippen molar-refractivity contribution in [3.8, 4) is 22.2 Å². The van der Waals surface area contributed by atoms with Crippen molar-refractivity contribution in [1.29, 1.82) is 0 Å². The largest absolute Gasteiger partial charge is 0.454 e. The fourth-order valence-corrected chi connectivity index (χ4v) is 3.68. The second-order valence-electron chi connectivity index (χ2n) is 6.33. The van der Waals surface area contributed by atoms with E-state index in [1.165, 1.54) is 11.3 Å². The summed E-state index contributed by atoms with van der Waals surface area (Å²) in [5.74, 6) is 2.73. The summed E-state index contributed by atoms with van der Waals surface area (Å²) in [4.78, 5) is 18.9. The van der Waals surface area contributed by atoms with Crippen LogP contribution in [-0.2, 0) is 0 Å². The molecule has 0 saturated heterocycles. The number of rotatable bonds is 4. The minimum atomic E-state index is -0.206. The van der Waals surface area contributed by atoms with E-state index in [1.54, 1.807) is 18.2 Å². The summed E-state index contributed by atoms with van der Waals surface area (Å²) in [5, 5.41) is 7.00. The van der Waals surface area contributed by atoms with Gasteiger partial charge in [0.1, 0.15) is 0 Å². The number of aryl methyl sites for hydroxylation is 1. The second-order valence-corrected chi connectivity index (χ2v) is 7.59. The van der Waals surface area contributed by atoms with Gasteiger partial charge in [-0.3, -0.25) is 4.79 Å². The number of nitrogens with zero attached hydrogens (tertiary/aromatic N) is 2. The zero-order valence-electron chi connectivity index (χ0n) is 13.9. The van der Waals surface area contributed by atoms with Gasteiger partial charge in [-0.2, -0.15) is 4.98 Å². The quantitative estimate of drug-likeness (QED) is 0.749. The van der Waals surface area contributed by atoms with E-state index >= 15 is 0 Å². The predicted octanol–water partition coefficient (Wildman–Crippen LogP) is 3.96. The molecular formula is C18H15N3O4S. The van der Waals surface area contributed by atoms with Crippen molar-refractivity contribution in [2.45, 2.75) is 25.7 Å². The minimum absolute atomic E-state index is 0.181. The van der Waals surface area contributed by atoms with Crippen molar-refractivity contribution in [2.24, 2.45) is 0 Å². The Morgan fingerprint density at radius 1 is 1.23 bits per heavy atom. The van der Waals surface area contributed by atoms with E-state index in [-0.39, 0.29) is 12.7 Å². The molecule has 1 N–H and O–H groups in total. The Kier molecular flexibility index (Phi) is 3.46. The van der Waals surface area contributed by atoms with Gasteiger partial charge in [0.15, 0.2) is 11.5 Å². The summed E-state index contributed by atoms with van der Waals surface area (Å²) in [6, 6.07) is 7.02. The SMILES string of the molecule is Cc1sc(-c2noc(C3CC3)n2)cc1NC(=O)c1ccc2c(c1)OCO2. The molecule has 3 heterocycles. The Bertz CT molecular complexity index is 1010. The molecule has 2 aliphatic rings. The van der Waals surface area contributed by atoms with E-state index in [9.17, 15) is 4.79 Å². The Morgan fingerprint density at radius 3 is 2.92 bits per heavy atom. The Balaban J connectivity index is 1.36. The average molecular weight is 369 g/mol. The molecule has 5 rings (SSSR count). The average Bonchev–Trinajstić information content (AvgIpc) is 3.06. The minimum Gasteiger partial charge on any atom is -0.454 e. The first-order valence-corrected chi connectivity index (χ1v) is 9.14. The first kappa shape index (κ1) is 15.4. The van der Waals surface area contributed by atoms with Gasteiger partial charge in [-0.05, 0) is 44.0 Å². The third-order valence-corrected chi connectivity index (χ3v) is 5.44. The summed E-state index contributed by atoms with van der Waals surface area (Å²) in [5.41, 5.74) is 1.25. The van der Waals surface area contributed by atoms with Gasteiger partial charge < -0.3 is 19.3 Å². The van der Waals surface area contributed by atoms with E-state index < -0.39 is 0 Å². The number of carbonyl (C=O) groups is 1. The molecule has 1 aliphatic carbocycles. The van der Waals surface area contributed by atoms with Crippen LogP contribution in [0, 0.1) is 6.92 Å². The van der Waals surface area contributed by atoms with E-state index in [4.69, 9.17) is 14.0 Å². The van der Waals surface area contributed by atoms with E-state index in [1.807, 2.05) is 13.0 Å². The van der Waals surface area contributed by atoms with E-state index in [0.29, 0.717) is 34.7 Å². The van der Waals surface area contributed by atoms with Gasteiger partial charge >= 0.3 is 0 Å². The molecule has 1 amide bonds. The van der Waals surface area contributed by atoms with E-state index in [2.05, 4.69) is 15.5 Å². The van der Waals surface area contributed by atoms with Crippen molar-refractivity contribution in [2.75, 3.05) is 12.1 Å². The lowest BCUT2D eigenvalue weighted by Gasteiger charge is -2.05. The van der Waals surface area contributed by atoms with Gasteiger partial charge in [-0.25, -0.2) is 0 Å². The Hall–Kier alpha value is -2.87. The van der Waals surface area contributed by atoms with Crippen LogP contribution in [0.5, 0.6) is 11.5 Å². The van der Waals surface area contributed by atoms with Crippen LogP contribution in [0.2, 0.25) is 0 Å².